The Labute approximate surface area is 159 Å². The largest absolute Gasteiger partial charge is 0.325 e. The SMILES string of the molecule is O=C(Nc1ccc(-c2nnc3n2CCCC3)cc1)C1CC2CCCCC2N1. The van der Waals surface area contributed by atoms with Gasteiger partial charge in [-0.25, -0.2) is 0 Å². The Morgan fingerprint density at radius 1 is 1.07 bits per heavy atom. The first-order valence-electron chi connectivity index (χ1n) is 10.4. The Kier molecular flexibility index (Phi) is 4.44. The molecule has 5 rings (SSSR count). The van der Waals surface area contributed by atoms with E-state index in [0.29, 0.717) is 12.0 Å². The van der Waals surface area contributed by atoms with Gasteiger partial charge in [0.15, 0.2) is 5.82 Å². The van der Waals surface area contributed by atoms with Gasteiger partial charge in [-0.3, -0.25) is 4.79 Å². The van der Waals surface area contributed by atoms with Crippen LogP contribution in [-0.4, -0.2) is 32.8 Å². The number of carbonyl (C=O) groups is 1. The first-order chi connectivity index (χ1) is 13.3. The van der Waals surface area contributed by atoms with Gasteiger partial charge >= 0.3 is 0 Å². The molecule has 3 atom stereocenters. The first kappa shape index (κ1) is 16.9. The zero-order valence-corrected chi connectivity index (χ0v) is 15.7. The van der Waals surface area contributed by atoms with Gasteiger partial charge in [-0.15, -0.1) is 10.2 Å². The van der Waals surface area contributed by atoms with Crippen molar-refractivity contribution in [1.29, 1.82) is 0 Å². The molecule has 142 valence electrons. The molecule has 1 saturated heterocycles. The average Bonchev–Trinajstić information content (AvgIpc) is 3.33. The third kappa shape index (κ3) is 3.27. The standard InChI is InChI=1S/C21H27N5O/c27-21(18-13-15-5-1-2-6-17(15)23-18)22-16-10-8-14(9-11-16)20-25-24-19-7-3-4-12-26(19)20/h8-11,15,17-18,23H,1-7,12-13H2,(H,22,27). The van der Waals surface area contributed by atoms with Crippen LogP contribution in [0.5, 0.6) is 0 Å². The van der Waals surface area contributed by atoms with Gasteiger partial charge in [-0.2, -0.15) is 0 Å². The van der Waals surface area contributed by atoms with Crippen molar-refractivity contribution >= 4 is 11.6 Å². The van der Waals surface area contributed by atoms with Crippen molar-refractivity contribution in [3.63, 3.8) is 0 Å². The smallest absolute Gasteiger partial charge is 0.241 e. The van der Waals surface area contributed by atoms with Crippen molar-refractivity contribution in [3.05, 3.63) is 30.1 Å². The van der Waals surface area contributed by atoms with Gasteiger partial charge in [0.2, 0.25) is 5.91 Å². The third-order valence-electron chi connectivity index (χ3n) is 6.45. The van der Waals surface area contributed by atoms with E-state index in [1.54, 1.807) is 0 Å². The van der Waals surface area contributed by atoms with Gasteiger partial charge in [-0.05, 0) is 62.3 Å². The van der Waals surface area contributed by atoms with E-state index in [2.05, 4.69) is 25.4 Å². The predicted octanol–water partition coefficient (Wildman–Crippen LogP) is 3.14. The van der Waals surface area contributed by atoms with Crippen LogP contribution in [-0.2, 0) is 17.8 Å². The van der Waals surface area contributed by atoms with Gasteiger partial charge in [0, 0.05) is 30.3 Å². The number of nitrogens with one attached hydrogen (secondary N) is 2. The van der Waals surface area contributed by atoms with Crippen LogP contribution in [0.2, 0.25) is 0 Å². The number of anilines is 1. The van der Waals surface area contributed by atoms with E-state index < -0.39 is 0 Å². The van der Waals surface area contributed by atoms with Crippen molar-refractivity contribution in [3.8, 4) is 11.4 Å². The van der Waals surface area contributed by atoms with Gasteiger partial charge in [0.1, 0.15) is 5.82 Å². The van der Waals surface area contributed by atoms with E-state index in [0.717, 1.165) is 42.3 Å². The Morgan fingerprint density at radius 2 is 1.93 bits per heavy atom. The summed E-state index contributed by atoms with van der Waals surface area (Å²) in [5, 5.41) is 15.3. The third-order valence-corrected chi connectivity index (χ3v) is 6.45. The van der Waals surface area contributed by atoms with Crippen molar-refractivity contribution in [1.82, 2.24) is 20.1 Å². The molecule has 1 aromatic heterocycles. The summed E-state index contributed by atoms with van der Waals surface area (Å²) in [4.78, 5) is 12.7. The lowest BCUT2D eigenvalue weighted by Crippen LogP contribution is -2.39. The number of fused-ring (bicyclic) bond motifs is 2. The summed E-state index contributed by atoms with van der Waals surface area (Å²) in [6, 6.07) is 8.49. The minimum atomic E-state index is -0.0544. The van der Waals surface area contributed by atoms with Crippen LogP contribution >= 0.6 is 0 Å². The average molecular weight is 365 g/mol. The highest BCUT2D eigenvalue weighted by Crippen LogP contribution is 2.33. The van der Waals surface area contributed by atoms with E-state index in [4.69, 9.17) is 0 Å². The van der Waals surface area contributed by atoms with Gasteiger partial charge in [0.25, 0.3) is 0 Å². The number of aryl methyl sites for hydroxylation is 1. The lowest BCUT2D eigenvalue weighted by atomic mass is 9.85. The fourth-order valence-electron chi connectivity index (χ4n) is 4.97. The summed E-state index contributed by atoms with van der Waals surface area (Å²) in [5.74, 6) is 2.79. The maximum Gasteiger partial charge on any atom is 0.241 e. The molecule has 3 unspecified atom stereocenters. The number of carbonyl (C=O) groups excluding carboxylic acids is 1. The lowest BCUT2D eigenvalue weighted by molar-refractivity contribution is -0.117. The number of aromatic nitrogens is 3. The number of benzene rings is 1. The molecule has 1 aromatic carbocycles. The zero-order valence-electron chi connectivity index (χ0n) is 15.7. The molecule has 6 nitrogen and oxygen atoms in total. The molecule has 1 saturated carbocycles. The minimum absolute atomic E-state index is 0.0544. The maximum atomic E-state index is 12.7. The molecular formula is C21H27N5O. The Hall–Kier alpha value is -2.21. The van der Waals surface area contributed by atoms with Crippen LogP contribution in [0.1, 0.15) is 50.8 Å². The second-order valence-corrected chi connectivity index (χ2v) is 8.22. The summed E-state index contributed by atoms with van der Waals surface area (Å²) in [6.45, 7) is 0.992. The maximum absolute atomic E-state index is 12.7. The van der Waals surface area contributed by atoms with Gasteiger partial charge in [-0.1, -0.05) is 12.8 Å². The number of hydrogen-bond donors (Lipinski definition) is 2. The van der Waals surface area contributed by atoms with Crippen molar-refractivity contribution in [2.45, 2.75) is 70.0 Å². The minimum Gasteiger partial charge on any atom is -0.325 e. The van der Waals surface area contributed by atoms with Crippen molar-refractivity contribution in [2.75, 3.05) is 5.32 Å². The van der Waals surface area contributed by atoms with E-state index in [9.17, 15) is 4.79 Å². The molecule has 2 aliphatic heterocycles. The molecule has 27 heavy (non-hydrogen) atoms. The number of amides is 1. The molecule has 1 aliphatic carbocycles. The molecule has 0 bridgehead atoms. The topological polar surface area (TPSA) is 71.8 Å². The second-order valence-electron chi connectivity index (χ2n) is 8.22. The van der Waals surface area contributed by atoms with Gasteiger partial charge < -0.3 is 15.2 Å². The highest BCUT2D eigenvalue weighted by Gasteiger charge is 2.38. The first-order valence-corrected chi connectivity index (χ1v) is 10.4. The number of rotatable bonds is 3. The Bertz CT molecular complexity index is 814. The number of nitrogens with zero attached hydrogens (tertiary/aromatic N) is 3. The molecule has 3 aliphatic rings. The van der Waals surface area contributed by atoms with E-state index in [-0.39, 0.29) is 11.9 Å². The van der Waals surface area contributed by atoms with E-state index >= 15 is 0 Å². The van der Waals surface area contributed by atoms with Crippen LogP contribution in [0.15, 0.2) is 24.3 Å². The predicted molar refractivity (Wildman–Crippen MR) is 104 cm³/mol. The summed E-state index contributed by atoms with van der Waals surface area (Å²) >= 11 is 0. The van der Waals surface area contributed by atoms with Crippen LogP contribution in [0.25, 0.3) is 11.4 Å². The molecule has 0 spiro atoms. The van der Waals surface area contributed by atoms with Crippen LogP contribution in [0.3, 0.4) is 0 Å². The highest BCUT2D eigenvalue weighted by molar-refractivity contribution is 5.95. The summed E-state index contributed by atoms with van der Waals surface area (Å²) in [7, 11) is 0. The molecule has 2 aromatic rings. The summed E-state index contributed by atoms with van der Waals surface area (Å²) in [6.07, 6.45) is 9.44. The fourth-order valence-corrected chi connectivity index (χ4v) is 4.97. The lowest BCUT2D eigenvalue weighted by Gasteiger charge is -2.24. The zero-order chi connectivity index (χ0) is 18.2. The Morgan fingerprint density at radius 3 is 2.78 bits per heavy atom. The van der Waals surface area contributed by atoms with E-state index in [1.807, 2.05) is 24.3 Å². The van der Waals surface area contributed by atoms with Crippen molar-refractivity contribution < 1.29 is 4.79 Å². The van der Waals surface area contributed by atoms with Crippen molar-refractivity contribution in [2.24, 2.45) is 5.92 Å². The van der Waals surface area contributed by atoms with Crippen LogP contribution in [0.4, 0.5) is 5.69 Å². The fraction of sp³-hybridized carbons (Fsp3) is 0.571. The summed E-state index contributed by atoms with van der Waals surface area (Å²) < 4.78 is 2.22. The normalized spacial score (nSPS) is 27.0. The van der Waals surface area contributed by atoms with Gasteiger partial charge in [0.05, 0.1) is 6.04 Å². The van der Waals surface area contributed by atoms with Crippen LogP contribution < -0.4 is 10.6 Å². The molecule has 1 amide bonds. The quantitative estimate of drug-likeness (QED) is 0.876. The molecule has 3 heterocycles. The van der Waals surface area contributed by atoms with E-state index in [1.165, 1.54) is 38.5 Å². The molecule has 2 fully saturated rings. The second kappa shape index (κ2) is 7.08. The molecule has 0 radical (unpaired) electrons. The highest BCUT2D eigenvalue weighted by atomic mass is 16.2. The number of hydrogen-bond acceptors (Lipinski definition) is 4. The molecule has 2 N–H and O–H groups in total. The summed E-state index contributed by atoms with van der Waals surface area (Å²) in [5.41, 5.74) is 1.90. The van der Waals surface area contributed by atoms with Crippen LogP contribution in [0, 0.1) is 5.92 Å². The monoisotopic (exact) mass is 365 g/mol. The Balaban J connectivity index is 1.26. The molecule has 6 heteroatoms. The molecular weight excluding hydrogens is 338 g/mol.